The largest absolute Gasteiger partial charge is 0.417 e. The Bertz CT molecular complexity index is 875. The van der Waals surface area contributed by atoms with E-state index in [2.05, 4.69) is 15.8 Å². The molecule has 2 N–H and O–H groups in total. The van der Waals surface area contributed by atoms with Crippen LogP contribution in [-0.2, 0) is 15.8 Å². The van der Waals surface area contributed by atoms with E-state index in [0.717, 1.165) is 12.1 Å². The van der Waals surface area contributed by atoms with Crippen LogP contribution in [0.25, 0.3) is 0 Å². The van der Waals surface area contributed by atoms with Crippen LogP contribution in [0.4, 0.5) is 24.7 Å². The van der Waals surface area contributed by atoms with Crippen molar-refractivity contribution in [3.05, 3.63) is 40.6 Å². The molecule has 0 saturated heterocycles. The number of halogens is 4. The van der Waals surface area contributed by atoms with Gasteiger partial charge in [0, 0.05) is 11.8 Å². The van der Waals surface area contributed by atoms with Crippen molar-refractivity contribution in [3.8, 4) is 0 Å². The second-order valence-electron chi connectivity index (χ2n) is 6.01. The predicted octanol–water partition coefficient (Wildman–Crippen LogP) is 4.01. The van der Waals surface area contributed by atoms with E-state index < -0.39 is 34.0 Å². The third-order valence-electron chi connectivity index (χ3n) is 4.02. The highest BCUT2D eigenvalue weighted by Gasteiger charge is 2.56. The summed E-state index contributed by atoms with van der Waals surface area (Å²) in [6.45, 7) is 1.64. The van der Waals surface area contributed by atoms with E-state index in [1.54, 1.807) is 6.92 Å². The molecule has 2 aromatic rings. The maximum atomic E-state index is 12.9. The summed E-state index contributed by atoms with van der Waals surface area (Å²) < 4.78 is 43.6. The molecule has 138 valence electrons. The molecule has 1 saturated carbocycles. The Hall–Kier alpha value is -2.55. The molecule has 1 fully saturated rings. The zero-order chi connectivity index (χ0) is 19.1. The van der Waals surface area contributed by atoms with E-state index in [1.807, 2.05) is 0 Å². The molecule has 1 aliphatic carbocycles. The van der Waals surface area contributed by atoms with Crippen molar-refractivity contribution in [2.75, 3.05) is 10.6 Å². The average molecular weight is 388 g/mol. The zero-order valence-corrected chi connectivity index (χ0v) is 14.2. The quantitative estimate of drug-likeness (QED) is 0.776. The molecule has 2 amide bonds. The smallest absolute Gasteiger partial charge is 0.360 e. The summed E-state index contributed by atoms with van der Waals surface area (Å²) in [5.41, 5.74) is -2.50. The second-order valence-corrected chi connectivity index (χ2v) is 6.41. The molecule has 1 heterocycles. The highest BCUT2D eigenvalue weighted by molar-refractivity contribution is 6.31. The lowest BCUT2D eigenvalue weighted by Gasteiger charge is -2.16. The average Bonchev–Trinajstić information content (AvgIpc) is 3.27. The van der Waals surface area contributed by atoms with Crippen molar-refractivity contribution in [2.45, 2.75) is 25.9 Å². The second kappa shape index (κ2) is 6.31. The number of amides is 2. The molecule has 6 nitrogen and oxygen atoms in total. The number of alkyl halides is 3. The number of carbonyl (C=O) groups is 2. The van der Waals surface area contributed by atoms with Gasteiger partial charge in [-0.15, -0.1) is 0 Å². The van der Waals surface area contributed by atoms with Gasteiger partial charge >= 0.3 is 6.18 Å². The molecule has 0 spiro atoms. The van der Waals surface area contributed by atoms with Crippen LogP contribution in [0, 0.1) is 12.3 Å². The Labute approximate surface area is 150 Å². The number of hydrogen-bond acceptors (Lipinski definition) is 4. The lowest BCUT2D eigenvalue weighted by atomic mass is 10.0. The SMILES string of the molecule is Cc1cc(NC(=O)C2(C(=O)Nc3ccc(Cl)c(C(F)(F)F)c3)CC2)no1. The number of benzene rings is 1. The van der Waals surface area contributed by atoms with Crippen molar-refractivity contribution in [1.82, 2.24) is 5.16 Å². The maximum absolute atomic E-state index is 12.9. The van der Waals surface area contributed by atoms with E-state index in [4.69, 9.17) is 16.1 Å². The number of rotatable bonds is 4. The van der Waals surface area contributed by atoms with Crippen molar-refractivity contribution >= 4 is 34.9 Å². The van der Waals surface area contributed by atoms with E-state index in [1.165, 1.54) is 12.1 Å². The third kappa shape index (κ3) is 3.52. The van der Waals surface area contributed by atoms with Crippen LogP contribution in [0.3, 0.4) is 0 Å². The summed E-state index contributed by atoms with van der Waals surface area (Å²) in [4.78, 5) is 24.8. The summed E-state index contributed by atoms with van der Waals surface area (Å²) in [5.74, 6) is -0.633. The lowest BCUT2D eigenvalue weighted by molar-refractivity contribution is -0.137. The molecular formula is C16H13ClF3N3O3. The fourth-order valence-corrected chi connectivity index (χ4v) is 2.64. The van der Waals surface area contributed by atoms with Crippen molar-refractivity contribution in [3.63, 3.8) is 0 Å². The summed E-state index contributed by atoms with van der Waals surface area (Å²) in [7, 11) is 0. The van der Waals surface area contributed by atoms with Crippen molar-refractivity contribution in [2.24, 2.45) is 5.41 Å². The van der Waals surface area contributed by atoms with Crippen LogP contribution in [0.5, 0.6) is 0 Å². The van der Waals surface area contributed by atoms with E-state index in [-0.39, 0.29) is 24.3 Å². The Morgan fingerprint density at radius 3 is 2.38 bits per heavy atom. The molecule has 1 aromatic heterocycles. The minimum Gasteiger partial charge on any atom is -0.360 e. The molecule has 3 rings (SSSR count). The third-order valence-corrected chi connectivity index (χ3v) is 4.35. The van der Waals surface area contributed by atoms with Gasteiger partial charge in [0.2, 0.25) is 11.8 Å². The fraction of sp³-hybridized carbons (Fsp3) is 0.312. The summed E-state index contributed by atoms with van der Waals surface area (Å²) in [5, 5.41) is 7.96. The van der Waals surface area contributed by atoms with Gasteiger partial charge in [-0.25, -0.2) is 0 Å². The first-order valence-electron chi connectivity index (χ1n) is 7.55. The normalized spacial score (nSPS) is 15.4. The van der Waals surface area contributed by atoms with Crippen LogP contribution < -0.4 is 10.6 Å². The highest BCUT2D eigenvalue weighted by atomic mass is 35.5. The molecule has 10 heteroatoms. The Balaban J connectivity index is 1.74. The topological polar surface area (TPSA) is 84.2 Å². The van der Waals surface area contributed by atoms with E-state index >= 15 is 0 Å². The monoisotopic (exact) mass is 387 g/mol. The molecule has 0 unspecified atom stereocenters. The van der Waals surface area contributed by atoms with Crippen LogP contribution in [0.15, 0.2) is 28.8 Å². The fourth-order valence-electron chi connectivity index (χ4n) is 2.41. The number of carbonyl (C=O) groups excluding carboxylic acids is 2. The Morgan fingerprint density at radius 1 is 1.19 bits per heavy atom. The predicted molar refractivity (Wildman–Crippen MR) is 86.6 cm³/mol. The van der Waals surface area contributed by atoms with Crippen LogP contribution in [0.1, 0.15) is 24.2 Å². The molecule has 26 heavy (non-hydrogen) atoms. The minimum atomic E-state index is -4.66. The molecule has 1 aliphatic rings. The zero-order valence-electron chi connectivity index (χ0n) is 13.4. The van der Waals surface area contributed by atoms with Gasteiger partial charge in [-0.1, -0.05) is 16.8 Å². The van der Waals surface area contributed by atoms with Crippen LogP contribution >= 0.6 is 11.6 Å². The van der Waals surface area contributed by atoms with Gasteiger partial charge in [0.15, 0.2) is 5.82 Å². The number of anilines is 2. The van der Waals surface area contributed by atoms with Crippen molar-refractivity contribution < 1.29 is 27.3 Å². The summed E-state index contributed by atoms with van der Waals surface area (Å²) in [6.07, 6.45) is -4.10. The highest BCUT2D eigenvalue weighted by Crippen LogP contribution is 2.47. The van der Waals surface area contributed by atoms with E-state index in [9.17, 15) is 22.8 Å². The molecule has 0 bridgehead atoms. The summed E-state index contributed by atoms with van der Waals surface area (Å²) in [6, 6.07) is 4.50. The number of aryl methyl sites for hydroxylation is 1. The first-order chi connectivity index (χ1) is 12.1. The summed E-state index contributed by atoms with van der Waals surface area (Å²) >= 11 is 5.55. The molecule has 0 aliphatic heterocycles. The van der Waals surface area contributed by atoms with Gasteiger partial charge in [-0.3, -0.25) is 9.59 Å². The first kappa shape index (κ1) is 18.2. The van der Waals surface area contributed by atoms with Gasteiger partial charge in [0.1, 0.15) is 11.2 Å². The van der Waals surface area contributed by atoms with E-state index in [0.29, 0.717) is 5.76 Å². The van der Waals surface area contributed by atoms with Gasteiger partial charge in [-0.2, -0.15) is 13.2 Å². The number of aromatic nitrogens is 1. The maximum Gasteiger partial charge on any atom is 0.417 e. The standard InChI is InChI=1S/C16H13ClF3N3O3/c1-8-6-12(23-26-8)22-14(25)15(4-5-15)13(24)21-9-2-3-11(17)10(7-9)16(18,19)20/h2-3,6-7H,4-5H2,1H3,(H,21,24)(H,22,23,25). The molecule has 0 atom stereocenters. The van der Waals surface area contributed by atoms with Gasteiger partial charge in [-0.05, 0) is 38.0 Å². The van der Waals surface area contributed by atoms with Crippen molar-refractivity contribution in [1.29, 1.82) is 0 Å². The number of hydrogen-bond donors (Lipinski definition) is 2. The number of nitrogens with one attached hydrogen (secondary N) is 2. The van der Waals surface area contributed by atoms with Gasteiger partial charge in [0.05, 0.1) is 10.6 Å². The molecule has 1 aromatic carbocycles. The minimum absolute atomic E-state index is 0.0944. The van der Waals surface area contributed by atoms with Gasteiger partial charge in [0.25, 0.3) is 0 Å². The molecule has 0 radical (unpaired) electrons. The van der Waals surface area contributed by atoms with Crippen LogP contribution in [0.2, 0.25) is 5.02 Å². The lowest BCUT2D eigenvalue weighted by Crippen LogP contribution is -2.35. The number of nitrogens with zero attached hydrogens (tertiary/aromatic N) is 1. The molecular weight excluding hydrogens is 375 g/mol. The first-order valence-corrected chi connectivity index (χ1v) is 7.92. The van der Waals surface area contributed by atoms with Crippen LogP contribution in [-0.4, -0.2) is 17.0 Å². The Kier molecular flexibility index (Phi) is 4.43. The van der Waals surface area contributed by atoms with Gasteiger partial charge < -0.3 is 15.2 Å². The Morgan fingerprint density at radius 2 is 1.85 bits per heavy atom.